The number of rotatable bonds is 8. The van der Waals surface area contributed by atoms with E-state index in [9.17, 15) is 13.2 Å². The Morgan fingerprint density at radius 1 is 1.10 bits per heavy atom. The fourth-order valence-corrected chi connectivity index (χ4v) is 5.93. The second-order valence-corrected chi connectivity index (χ2v) is 10.5. The van der Waals surface area contributed by atoms with Crippen LogP contribution in [0.15, 0.2) is 24.3 Å². The normalized spacial score (nSPS) is 19.9. The summed E-state index contributed by atoms with van der Waals surface area (Å²) < 4.78 is 26.9. The maximum atomic E-state index is 12.7. The van der Waals surface area contributed by atoms with Crippen LogP contribution in [0.2, 0.25) is 5.02 Å². The Kier molecular flexibility index (Phi) is 8.35. The first-order valence-electron chi connectivity index (χ1n) is 10.7. The maximum Gasteiger partial charge on any atom is 0.223 e. The number of nitrogens with one attached hydrogen (secondary N) is 1. The van der Waals surface area contributed by atoms with Crippen LogP contribution in [0.25, 0.3) is 0 Å². The molecular weight excluding hydrogens is 410 g/mol. The van der Waals surface area contributed by atoms with E-state index in [1.54, 1.807) is 24.3 Å². The molecule has 0 atom stereocenters. The zero-order valence-corrected chi connectivity index (χ0v) is 18.6. The van der Waals surface area contributed by atoms with Crippen molar-refractivity contribution < 1.29 is 13.2 Å². The van der Waals surface area contributed by atoms with Gasteiger partial charge in [-0.1, -0.05) is 30.2 Å². The number of carbonyl (C=O) groups is 1. The number of halogens is 1. The summed E-state index contributed by atoms with van der Waals surface area (Å²) >= 11 is 5.95. The Hall–Kier alpha value is -1.15. The lowest BCUT2D eigenvalue weighted by Gasteiger charge is -2.30. The first kappa shape index (κ1) is 22.5. The van der Waals surface area contributed by atoms with Gasteiger partial charge < -0.3 is 10.2 Å². The van der Waals surface area contributed by atoms with Gasteiger partial charge in [0, 0.05) is 30.6 Å². The fraction of sp³-hybridized carbons (Fsp3) is 0.667. The average Bonchev–Trinajstić information content (AvgIpc) is 2.71. The number of likely N-dealkylation sites (tertiary alicyclic amines) is 1. The summed E-state index contributed by atoms with van der Waals surface area (Å²) in [5.41, 5.74) is 0.686. The molecule has 0 unspecified atom stereocenters. The van der Waals surface area contributed by atoms with Crippen LogP contribution in [0.5, 0.6) is 0 Å². The molecule has 1 aromatic rings. The highest BCUT2D eigenvalue weighted by Gasteiger charge is 2.31. The predicted molar refractivity (Wildman–Crippen MR) is 116 cm³/mol. The van der Waals surface area contributed by atoms with Gasteiger partial charge in [0.25, 0.3) is 0 Å². The number of carbonyl (C=O) groups excluding carboxylic acids is 1. The minimum atomic E-state index is -3.40. The number of hydrogen-bond acceptors (Lipinski definition) is 4. The van der Waals surface area contributed by atoms with Crippen molar-refractivity contribution in [3.05, 3.63) is 34.9 Å². The van der Waals surface area contributed by atoms with Crippen LogP contribution in [-0.4, -0.2) is 62.8 Å². The number of nitrogens with zero attached hydrogens (tertiary/aromatic N) is 2. The van der Waals surface area contributed by atoms with Crippen LogP contribution < -0.4 is 5.32 Å². The summed E-state index contributed by atoms with van der Waals surface area (Å²) in [6.45, 7) is 4.89. The molecule has 0 bridgehead atoms. The van der Waals surface area contributed by atoms with Crippen molar-refractivity contribution in [1.82, 2.24) is 14.5 Å². The molecule has 1 amide bonds. The maximum absolute atomic E-state index is 12.7. The molecule has 0 aromatic heterocycles. The zero-order chi connectivity index (χ0) is 20.7. The molecule has 8 heteroatoms. The molecule has 1 N–H and O–H groups in total. The van der Waals surface area contributed by atoms with E-state index in [-0.39, 0.29) is 17.6 Å². The molecule has 6 nitrogen and oxygen atoms in total. The van der Waals surface area contributed by atoms with Crippen molar-refractivity contribution >= 4 is 27.5 Å². The van der Waals surface area contributed by atoms with Gasteiger partial charge in [0.15, 0.2) is 0 Å². The Balaban J connectivity index is 1.38. The van der Waals surface area contributed by atoms with E-state index in [1.165, 1.54) is 36.7 Å². The summed E-state index contributed by atoms with van der Waals surface area (Å²) in [5, 5.41) is 3.58. The van der Waals surface area contributed by atoms with E-state index in [1.807, 2.05) is 0 Å². The molecule has 3 rings (SSSR count). The van der Waals surface area contributed by atoms with E-state index in [4.69, 9.17) is 11.6 Å². The minimum absolute atomic E-state index is 0.0546. The zero-order valence-electron chi connectivity index (χ0n) is 17.0. The summed E-state index contributed by atoms with van der Waals surface area (Å²) in [4.78, 5) is 14.9. The summed E-state index contributed by atoms with van der Waals surface area (Å²) in [6, 6.07) is 6.94. The number of piperidine rings is 2. The molecular formula is C21H32ClN3O3S. The van der Waals surface area contributed by atoms with Crippen LogP contribution >= 0.6 is 11.6 Å². The van der Waals surface area contributed by atoms with E-state index < -0.39 is 10.0 Å². The highest BCUT2D eigenvalue weighted by Crippen LogP contribution is 2.22. The van der Waals surface area contributed by atoms with Crippen molar-refractivity contribution in [2.75, 3.05) is 39.3 Å². The average molecular weight is 442 g/mol. The van der Waals surface area contributed by atoms with Crippen molar-refractivity contribution in [1.29, 1.82) is 0 Å². The third-order valence-electron chi connectivity index (χ3n) is 5.86. The van der Waals surface area contributed by atoms with Crippen LogP contribution in [0.1, 0.15) is 44.1 Å². The lowest BCUT2D eigenvalue weighted by Crippen LogP contribution is -2.43. The topological polar surface area (TPSA) is 69.7 Å². The summed E-state index contributed by atoms with van der Waals surface area (Å²) in [7, 11) is -3.40. The van der Waals surface area contributed by atoms with Gasteiger partial charge in [0.1, 0.15) is 0 Å². The number of amides is 1. The molecule has 0 aliphatic carbocycles. The van der Waals surface area contributed by atoms with Gasteiger partial charge in [-0.05, 0) is 69.4 Å². The molecule has 2 aliphatic rings. The fourth-order valence-electron chi connectivity index (χ4n) is 4.17. The summed E-state index contributed by atoms with van der Waals surface area (Å²) in [5.74, 6) is -0.0841. The second kappa shape index (κ2) is 10.8. The lowest BCUT2D eigenvalue weighted by atomic mass is 9.97. The Morgan fingerprint density at radius 3 is 2.52 bits per heavy atom. The smallest absolute Gasteiger partial charge is 0.223 e. The first-order valence-corrected chi connectivity index (χ1v) is 12.6. The van der Waals surface area contributed by atoms with E-state index in [0.717, 1.165) is 13.0 Å². The second-order valence-electron chi connectivity index (χ2n) is 8.11. The van der Waals surface area contributed by atoms with E-state index in [0.29, 0.717) is 43.1 Å². The highest BCUT2D eigenvalue weighted by molar-refractivity contribution is 7.88. The predicted octanol–water partition coefficient (Wildman–Crippen LogP) is 2.87. The highest BCUT2D eigenvalue weighted by atomic mass is 35.5. The molecule has 29 heavy (non-hydrogen) atoms. The van der Waals surface area contributed by atoms with Crippen LogP contribution in [-0.2, 0) is 20.6 Å². The van der Waals surface area contributed by atoms with Crippen molar-refractivity contribution in [3.63, 3.8) is 0 Å². The molecule has 1 aromatic carbocycles. The van der Waals surface area contributed by atoms with E-state index >= 15 is 0 Å². The Morgan fingerprint density at radius 2 is 1.83 bits per heavy atom. The van der Waals surface area contributed by atoms with Crippen molar-refractivity contribution in [2.24, 2.45) is 5.92 Å². The molecule has 2 saturated heterocycles. The van der Waals surface area contributed by atoms with Gasteiger partial charge in [-0.25, -0.2) is 12.7 Å². The van der Waals surface area contributed by atoms with Crippen LogP contribution in [0.3, 0.4) is 0 Å². The van der Waals surface area contributed by atoms with Crippen molar-refractivity contribution in [3.8, 4) is 0 Å². The summed E-state index contributed by atoms with van der Waals surface area (Å²) in [6.07, 6.45) is 6.02. The Bertz CT molecular complexity index is 773. The quantitative estimate of drug-likeness (QED) is 0.630. The van der Waals surface area contributed by atoms with E-state index in [2.05, 4.69) is 10.2 Å². The van der Waals surface area contributed by atoms with Gasteiger partial charge in [-0.3, -0.25) is 4.79 Å². The standard InChI is InChI=1S/C21H32ClN3O3S/c22-20-7-4-6-18(16-20)17-29(27,28)25-14-8-19(9-15-25)21(26)23-10-5-13-24-11-2-1-3-12-24/h4,6-7,16,19H,1-3,5,8-15,17H2,(H,23,26). The van der Waals surface area contributed by atoms with Gasteiger partial charge in [0.05, 0.1) is 5.75 Å². The lowest BCUT2D eigenvalue weighted by molar-refractivity contribution is -0.126. The van der Waals surface area contributed by atoms with Gasteiger partial charge in [0.2, 0.25) is 15.9 Å². The molecule has 0 saturated carbocycles. The minimum Gasteiger partial charge on any atom is -0.356 e. The molecule has 0 radical (unpaired) electrons. The number of hydrogen-bond donors (Lipinski definition) is 1. The van der Waals surface area contributed by atoms with Gasteiger partial charge in [-0.2, -0.15) is 0 Å². The molecule has 0 spiro atoms. The SMILES string of the molecule is O=C(NCCCN1CCCCC1)C1CCN(S(=O)(=O)Cc2cccc(Cl)c2)CC1. The van der Waals surface area contributed by atoms with Crippen molar-refractivity contribution in [2.45, 2.75) is 44.3 Å². The third-order valence-corrected chi connectivity index (χ3v) is 7.94. The van der Waals surface area contributed by atoms with Crippen LogP contribution in [0, 0.1) is 5.92 Å². The third kappa shape index (κ3) is 6.95. The number of sulfonamides is 1. The molecule has 2 aliphatic heterocycles. The molecule has 162 valence electrons. The Labute approximate surface area is 179 Å². The van der Waals surface area contributed by atoms with Gasteiger partial charge in [-0.15, -0.1) is 0 Å². The van der Waals surface area contributed by atoms with Gasteiger partial charge >= 0.3 is 0 Å². The largest absolute Gasteiger partial charge is 0.356 e. The molecule has 2 heterocycles. The number of benzene rings is 1. The first-order chi connectivity index (χ1) is 13.9. The van der Waals surface area contributed by atoms with Crippen LogP contribution in [0.4, 0.5) is 0 Å². The monoisotopic (exact) mass is 441 g/mol. The molecule has 2 fully saturated rings.